The summed E-state index contributed by atoms with van der Waals surface area (Å²) in [5, 5.41) is 0. The second-order valence-corrected chi connectivity index (χ2v) is 8.72. The molecule has 27 heavy (non-hydrogen) atoms. The van der Waals surface area contributed by atoms with Crippen LogP contribution in [0, 0.1) is 5.92 Å². The highest BCUT2D eigenvalue weighted by Crippen LogP contribution is 2.31. The Morgan fingerprint density at radius 3 is 2.26 bits per heavy atom. The Labute approximate surface area is 162 Å². The maximum Gasteiger partial charge on any atom is 0.260 e. The minimum Gasteiger partial charge on any atom is -0.483 e. The Morgan fingerprint density at radius 1 is 1.00 bits per heavy atom. The number of ether oxygens (including phenoxy) is 1. The first-order valence-electron chi connectivity index (χ1n) is 10.1. The normalized spacial score (nSPS) is 18.6. The number of carbonyl (C=O) groups is 2. The van der Waals surface area contributed by atoms with Crippen molar-refractivity contribution >= 4 is 11.8 Å². The van der Waals surface area contributed by atoms with Gasteiger partial charge in [0.05, 0.1) is 0 Å². The lowest BCUT2D eigenvalue weighted by Crippen LogP contribution is -2.45. The molecule has 0 N–H and O–H groups in total. The van der Waals surface area contributed by atoms with Gasteiger partial charge >= 0.3 is 0 Å². The second kappa shape index (κ2) is 8.32. The molecular formula is C22H32N2O3. The summed E-state index contributed by atoms with van der Waals surface area (Å²) in [6, 6.07) is 7.91. The molecule has 0 atom stereocenters. The smallest absolute Gasteiger partial charge is 0.260 e. The van der Waals surface area contributed by atoms with Crippen molar-refractivity contribution in [1.82, 2.24) is 9.80 Å². The molecule has 2 heterocycles. The molecular weight excluding hydrogens is 340 g/mol. The maximum absolute atomic E-state index is 12.6. The van der Waals surface area contributed by atoms with Crippen LogP contribution in [0.1, 0.15) is 52.0 Å². The molecule has 2 aliphatic heterocycles. The van der Waals surface area contributed by atoms with E-state index in [0.717, 1.165) is 50.1 Å². The number of piperidine rings is 1. The van der Waals surface area contributed by atoms with Gasteiger partial charge in [-0.05, 0) is 42.7 Å². The fourth-order valence-corrected chi connectivity index (χ4v) is 4.01. The number of rotatable bonds is 4. The Hall–Kier alpha value is -2.04. The average molecular weight is 373 g/mol. The van der Waals surface area contributed by atoms with Gasteiger partial charge in [-0.15, -0.1) is 0 Å². The maximum atomic E-state index is 12.6. The Kier molecular flexibility index (Phi) is 6.08. The highest BCUT2D eigenvalue weighted by atomic mass is 16.5. The van der Waals surface area contributed by atoms with E-state index in [2.05, 4.69) is 26.8 Å². The van der Waals surface area contributed by atoms with Crippen molar-refractivity contribution < 1.29 is 14.3 Å². The molecule has 0 aliphatic carbocycles. The van der Waals surface area contributed by atoms with Crippen molar-refractivity contribution in [3.63, 3.8) is 0 Å². The number of hydrogen-bond donors (Lipinski definition) is 0. The molecule has 0 aromatic heterocycles. The van der Waals surface area contributed by atoms with E-state index in [1.165, 1.54) is 0 Å². The minimum atomic E-state index is -0.0338. The molecule has 0 unspecified atom stereocenters. The Bertz CT molecular complexity index is 666. The van der Waals surface area contributed by atoms with Crippen molar-refractivity contribution in [2.75, 3.05) is 32.8 Å². The Morgan fingerprint density at radius 2 is 1.63 bits per heavy atom. The van der Waals surface area contributed by atoms with Gasteiger partial charge < -0.3 is 14.5 Å². The van der Waals surface area contributed by atoms with Crippen LogP contribution >= 0.6 is 0 Å². The van der Waals surface area contributed by atoms with Gasteiger partial charge in [-0.3, -0.25) is 9.59 Å². The predicted molar refractivity (Wildman–Crippen MR) is 106 cm³/mol. The third kappa shape index (κ3) is 4.82. The highest BCUT2D eigenvalue weighted by molar-refractivity contribution is 5.81. The quantitative estimate of drug-likeness (QED) is 0.815. The van der Waals surface area contributed by atoms with Gasteiger partial charge in [0.15, 0.2) is 6.61 Å². The van der Waals surface area contributed by atoms with Crippen LogP contribution in [0.2, 0.25) is 0 Å². The molecule has 2 aliphatic rings. The molecule has 5 heteroatoms. The largest absolute Gasteiger partial charge is 0.483 e. The van der Waals surface area contributed by atoms with Crippen LogP contribution in [0.25, 0.3) is 0 Å². The van der Waals surface area contributed by atoms with Crippen molar-refractivity contribution in [3.05, 3.63) is 29.8 Å². The predicted octanol–water partition coefficient (Wildman–Crippen LogP) is 3.22. The molecule has 0 bridgehead atoms. The summed E-state index contributed by atoms with van der Waals surface area (Å²) < 4.78 is 5.87. The zero-order valence-corrected chi connectivity index (χ0v) is 16.9. The molecule has 2 amide bonds. The number of para-hydroxylation sites is 1. The number of nitrogens with zero attached hydrogens (tertiary/aromatic N) is 2. The minimum absolute atomic E-state index is 0.00536. The third-order valence-electron chi connectivity index (χ3n) is 5.66. The van der Waals surface area contributed by atoms with Crippen molar-refractivity contribution in [2.45, 2.75) is 51.9 Å². The number of likely N-dealkylation sites (tertiary alicyclic amines) is 2. The molecule has 3 rings (SSSR count). The monoisotopic (exact) mass is 372 g/mol. The standard InChI is InChI=1S/C22H32N2O3/c1-22(2,3)18-8-4-5-9-19(18)27-16-20(25)23-14-10-17(11-15-23)21(26)24-12-6-7-13-24/h4-5,8-9,17H,6-7,10-16H2,1-3H3. The fraction of sp³-hybridized carbons (Fsp3) is 0.636. The summed E-state index contributed by atoms with van der Waals surface area (Å²) in [6.45, 7) is 9.56. The molecule has 5 nitrogen and oxygen atoms in total. The van der Waals surface area contributed by atoms with Crippen LogP contribution in [0.4, 0.5) is 0 Å². The van der Waals surface area contributed by atoms with E-state index in [9.17, 15) is 9.59 Å². The zero-order valence-electron chi connectivity index (χ0n) is 16.9. The summed E-state index contributed by atoms with van der Waals surface area (Å²) in [7, 11) is 0. The van der Waals surface area contributed by atoms with Crippen LogP contribution in [0.15, 0.2) is 24.3 Å². The lowest BCUT2D eigenvalue weighted by molar-refractivity contribution is -0.140. The summed E-state index contributed by atoms with van der Waals surface area (Å²) in [6.07, 6.45) is 3.77. The topological polar surface area (TPSA) is 49.9 Å². The van der Waals surface area contributed by atoms with Gasteiger partial charge in [-0.25, -0.2) is 0 Å². The first-order valence-corrected chi connectivity index (χ1v) is 10.1. The van der Waals surface area contributed by atoms with Crippen molar-refractivity contribution in [2.24, 2.45) is 5.92 Å². The third-order valence-corrected chi connectivity index (χ3v) is 5.66. The van der Waals surface area contributed by atoms with E-state index in [1.807, 2.05) is 28.0 Å². The van der Waals surface area contributed by atoms with Crippen molar-refractivity contribution in [1.29, 1.82) is 0 Å². The summed E-state index contributed by atoms with van der Waals surface area (Å²) in [4.78, 5) is 28.9. The number of benzene rings is 1. The molecule has 2 fully saturated rings. The number of carbonyl (C=O) groups excluding carboxylic acids is 2. The molecule has 0 radical (unpaired) electrons. The fourth-order valence-electron chi connectivity index (χ4n) is 4.01. The molecule has 0 spiro atoms. The molecule has 2 saturated heterocycles. The average Bonchev–Trinajstić information content (AvgIpc) is 3.20. The van der Waals surface area contributed by atoms with Crippen LogP contribution in [0.5, 0.6) is 5.75 Å². The number of amides is 2. The van der Waals surface area contributed by atoms with E-state index in [4.69, 9.17) is 4.74 Å². The second-order valence-electron chi connectivity index (χ2n) is 8.72. The van der Waals surface area contributed by atoms with Gasteiger partial charge in [0, 0.05) is 32.1 Å². The highest BCUT2D eigenvalue weighted by Gasteiger charge is 2.31. The van der Waals surface area contributed by atoms with Crippen LogP contribution in [0.3, 0.4) is 0 Å². The van der Waals surface area contributed by atoms with Gasteiger partial charge in [0.2, 0.25) is 5.91 Å². The summed E-state index contributed by atoms with van der Waals surface area (Å²) in [5.41, 5.74) is 1.07. The molecule has 1 aromatic rings. The first kappa shape index (κ1) is 19.7. The van der Waals surface area contributed by atoms with E-state index >= 15 is 0 Å². The first-order chi connectivity index (χ1) is 12.9. The lowest BCUT2D eigenvalue weighted by atomic mass is 9.86. The van der Waals surface area contributed by atoms with E-state index in [0.29, 0.717) is 13.1 Å². The molecule has 148 valence electrons. The van der Waals surface area contributed by atoms with Crippen molar-refractivity contribution in [3.8, 4) is 5.75 Å². The van der Waals surface area contributed by atoms with Gasteiger partial charge in [0.1, 0.15) is 5.75 Å². The number of hydrogen-bond acceptors (Lipinski definition) is 3. The van der Waals surface area contributed by atoms with Gasteiger partial charge in [-0.1, -0.05) is 39.0 Å². The van der Waals surface area contributed by atoms with E-state index < -0.39 is 0 Å². The molecule has 0 saturated carbocycles. The van der Waals surface area contributed by atoms with E-state index in [-0.39, 0.29) is 29.8 Å². The van der Waals surface area contributed by atoms with Gasteiger partial charge in [-0.2, -0.15) is 0 Å². The Balaban J connectivity index is 1.50. The van der Waals surface area contributed by atoms with Crippen LogP contribution < -0.4 is 4.74 Å². The zero-order chi connectivity index (χ0) is 19.4. The van der Waals surface area contributed by atoms with Gasteiger partial charge in [0.25, 0.3) is 5.91 Å². The lowest BCUT2D eigenvalue weighted by Gasteiger charge is -2.33. The van der Waals surface area contributed by atoms with E-state index in [1.54, 1.807) is 0 Å². The summed E-state index contributed by atoms with van der Waals surface area (Å²) in [5.74, 6) is 1.15. The van der Waals surface area contributed by atoms with Crippen LogP contribution in [-0.2, 0) is 15.0 Å². The summed E-state index contributed by atoms with van der Waals surface area (Å²) >= 11 is 0. The molecule has 1 aromatic carbocycles. The van der Waals surface area contributed by atoms with Crippen LogP contribution in [-0.4, -0.2) is 54.4 Å². The SMILES string of the molecule is CC(C)(C)c1ccccc1OCC(=O)N1CCC(C(=O)N2CCCC2)CC1.